The third-order valence-electron chi connectivity index (χ3n) is 5.35. The van der Waals surface area contributed by atoms with E-state index in [0.717, 1.165) is 38.4 Å². The van der Waals surface area contributed by atoms with Gasteiger partial charge in [-0.25, -0.2) is 9.97 Å². The van der Waals surface area contributed by atoms with Crippen LogP contribution in [0.2, 0.25) is 0 Å². The number of hydrogen-bond acceptors (Lipinski definition) is 5. The van der Waals surface area contributed by atoms with Crippen molar-refractivity contribution in [2.45, 2.75) is 43.4 Å². The number of aromatic nitrogens is 2. The molecular formula is C25H24N2O2S2. The van der Waals surface area contributed by atoms with Gasteiger partial charge in [-0.05, 0) is 42.9 Å². The Labute approximate surface area is 190 Å². The molecule has 0 fully saturated rings. The van der Waals surface area contributed by atoms with Gasteiger partial charge >= 0.3 is 5.97 Å². The average Bonchev–Trinajstić information content (AvgIpc) is 3.22. The van der Waals surface area contributed by atoms with Gasteiger partial charge in [0.25, 0.3) is 0 Å². The predicted molar refractivity (Wildman–Crippen MR) is 129 cm³/mol. The molecule has 0 spiro atoms. The van der Waals surface area contributed by atoms with E-state index in [-0.39, 0.29) is 0 Å². The molecule has 4 rings (SSSR count). The lowest BCUT2D eigenvalue weighted by Crippen LogP contribution is -2.17. The Kier molecular flexibility index (Phi) is 6.68. The zero-order valence-electron chi connectivity index (χ0n) is 17.5. The van der Waals surface area contributed by atoms with Gasteiger partial charge in [-0.3, -0.25) is 4.79 Å². The number of fused-ring (bicyclic) bond motifs is 1. The number of carboxylic acids is 1. The van der Waals surface area contributed by atoms with Gasteiger partial charge in [-0.2, -0.15) is 0 Å². The summed E-state index contributed by atoms with van der Waals surface area (Å²) in [4.78, 5) is 21.8. The number of thioether (sulfide) groups is 1. The zero-order chi connectivity index (χ0) is 21.8. The van der Waals surface area contributed by atoms with Crippen LogP contribution in [0.25, 0.3) is 21.3 Å². The van der Waals surface area contributed by atoms with Crippen molar-refractivity contribution in [1.29, 1.82) is 0 Å². The lowest BCUT2D eigenvalue weighted by atomic mass is 10.0. The smallest absolute Gasteiger partial charge is 0.317 e. The second kappa shape index (κ2) is 9.62. The topological polar surface area (TPSA) is 63.1 Å². The van der Waals surface area contributed by atoms with Crippen molar-refractivity contribution in [3.8, 4) is 11.1 Å². The average molecular weight is 449 g/mol. The van der Waals surface area contributed by atoms with Crippen molar-refractivity contribution >= 4 is 39.3 Å². The quantitative estimate of drug-likeness (QED) is 0.249. The fourth-order valence-corrected chi connectivity index (χ4v) is 5.51. The molecule has 1 N–H and O–H groups in total. The Balaban J connectivity index is 1.61. The zero-order valence-corrected chi connectivity index (χ0v) is 19.2. The van der Waals surface area contributed by atoms with E-state index in [0.29, 0.717) is 12.8 Å². The molecule has 2 aromatic carbocycles. The number of thiophene rings is 1. The molecule has 0 aliphatic carbocycles. The van der Waals surface area contributed by atoms with Gasteiger partial charge in [0.05, 0.1) is 5.39 Å². The van der Waals surface area contributed by atoms with E-state index in [2.05, 4.69) is 70.8 Å². The molecule has 0 saturated heterocycles. The minimum absolute atomic E-state index is 0.541. The number of nitrogens with zero attached hydrogens (tertiary/aromatic N) is 2. The molecule has 4 nitrogen and oxygen atoms in total. The molecule has 0 bridgehead atoms. The van der Waals surface area contributed by atoms with Crippen LogP contribution in [-0.2, 0) is 17.6 Å². The van der Waals surface area contributed by atoms with Crippen LogP contribution in [0.5, 0.6) is 0 Å². The fourth-order valence-electron chi connectivity index (χ4n) is 3.49. The summed E-state index contributed by atoms with van der Waals surface area (Å²) in [6.45, 7) is 4.19. The standard InChI is InChI=1S/C25H24N2O2S2/c1-3-17-8-11-19(12-9-17)20-14-30-23-22(20)24(27-15-26-23)31-21(25(28)29)13-10-18-6-4-16(2)5-7-18/h4-9,11-12,14-15,21H,3,10,13H2,1-2H3,(H,28,29). The molecule has 2 aromatic heterocycles. The molecule has 0 radical (unpaired) electrons. The van der Waals surface area contributed by atoms with Gasteiger partial charge in [-0.1, -0.05) is 72.8 Å². The minimum atomic E-state index is -0.812. The normalized spacial score (nSPS) is 12.2. The number of aryl methyl sites for hydroxylation is 3. The maximum Gasteiger partial charge on any atom is 0.317 e. The first-order valence-electron chi connectivity index (χ1n) is 10.3. The molecule has 0 aliphatic heterocycles. The highest BCUT2D eigenvalue weighted by molar-refractivity contribution is 8.00. The largest absolute Gasteiger partial charge is 0.480 e. The summed E-state index contributed by atoms with van der Waals surface area (Å²) in [5.41, 5.74) is 5.81. The summed E-state index contributed by atoms with van der Waals surface area (Å²) < 4.78 is 0. The number of carboxylic acid groups (broad SMARTS) is 1. The molecule has 6 heteroatoms. The SMILES string of the molecule is CCc1ccc(-c2csc3ncnc(SC(CCc4ccc(C)cc4)C(=O)O)c23)cc1. The van der Waals surface area contributed by atoms with Crippen LogP contribution in [0.3, 0.4) is 0 Å². The Morgan fingerprint density at radius 3 is 2.45 bits per heavy atom. The Bertz CT molecular complexity index is 1180. The Hall–Kier alpha value is -2.70. The van der Waals surface area contributed by atoms with Crippen molar-refractivity contribution in [2.24, 2.45) is 0 Å². The predicted octanol–water partition coefficient (Wildman–Crippen LogP) is 6.41. The lowest BCUT2D eigenvalue weighted by molar-refractivity contribution is -0.136. The lowest BCUT2D eigenvalue weighted by Gasteiger charge is -2.13. The molecule has 0 amide bonds. The first-order chi connectivity index (χ1) is 15.0. The van der Waals surface area contributed by atoms with Crippen molar-refractivity contribution in [1.82, 2.24) is 9.97 Å². The van der Waals surface area contributed by atoms with Crippen LogP contribution in [0, 0.1) is 6.92 Å². The monoisotopic (exact) mass is 448 g/mol. The van der Waals surface area contributed by atoms with Crippen molar-refractivity contribution in [2.75, 3.05) is 0 Å². The maximum absolute atomic E-state index is 12.0. The van der Waals surface area contributed by atoms with Crippen LogP contribution in [0.15, 0.2) is 65.3 Å². The number of benzene rings is 2. The first-order valence-corrected chi connectivity index (χ1v) is 12.1. The summed E-state index contributed by atoms with van der Waals surface area (Å²) in [5.74, 6) is -0.812. The van der Waals surface area contributed by atoms with Gasteiger partial charge in [0.1, 0.15) is 21.4 Å². The number of rotatable bonds is 8. The van der Waals surface area contributed by atoms with E-state index >= 15 is 0 Å². The number of carbonyl (C=O) groups is 1. The van der Waals surface area contributed by atoms with Gasteiger partial charge in [-0.15, -0.1) is 11.3 Å². The van der Waals surface area contributed by atoms with Gasteiger partial charge in [0.15, 0.2) is 0 Å². The molecule has 4 aromatic rings. The van der Waals surface area contributed by atoms with Gasteiger partial charge < -0.3 is 5.11 Å². The third-order valence-corrected chi connectivity index (χ3v) is 7.49. The van der Waals surface area contributed by atoms with E-state index in [1.165, 1.54) is 29.2 Å². The highest BCUT2D eigenvalue weighted by Gasteiger charge is 2.23. The third kappa shape index (κ3) is 4.97. The number of aliphatic carboxylic acids is 1. The van der Waals surface area contributed by atoms with Crippen LogP contribution < -0.4 is 0 Å². The highest BCUT2D eigenvalue weighted by atomic mass is 32.2. The molecule has 1 atom stereocenters. The van der Waals surface area contributed by atoms with Gasteiger partial charge in [0.2, 0.25) is 0 Å². The van der Waals surface area contributed by atoms with Crippen LogP contribution >= 0.6 is 23.1 Å². The molecule has 1 unspecified atom stereocenters. The molecular weight excluding hydrogens is 424 g/mol. The summed E-state index contributed by atoms with van der Waals surface area (Å²) in [5, 5.41) is 13.1. The summed E-state index contributed by atoms with van der Waals surface area (Å²) in [6, 6.07) is 16.8. The van der Waals surface area contributed by atoms with Crippen molar-refractivity contribution < 1.29 is 9.90 Å². The second-order valence-corrected chi connectivity index (χ2v) is 9.58. The van der Waals surface area contributed by atoms with E-state index in [9.17, 15) is 9.90 Å². The van der Waals surface area contributed by atoms with Crippen LogP contribution in [0.4, 0.5) is 0 Å². The van der Waals surface area contributed by atoms with E-state index < -0.39 is 11.2 Å². The molecule has 158 valence electrons. The maximum atomic E-state index is 12.0. The van der Waals surface area contributed by atoms with E-state index in [4.69, 9.17) is 0 Å². The number of hydrogen-bond donors (Lipinski definition) is 1. The Morgan fingerprint density at radius 1 is 1.06 bits per heavy atom. The molecule has 0 saturated carbocycles. The Morgan fingerprint density at radius 2 is 1.77 bits per heavy atom. The molecule has 0 aliphatic rings. The summed E-state index contributed by atoms with van der Waals surface area (Å²) >= 11 is 2.89. The molecule has 2 heterocycles. The highest BCUT2D eigenvalue weighted by Crippen LogP contribution is 2.39. The summed E-state index contributed by atoms with van der Waals surface area (Å²) in [7, 11) is 0. The fraction of sp³-hybridized carbons (Fsp3) is 0.240. The second-order valence-electron chi connectivity index (χ2n) is 7.53. The first kappa shape index (κ1) is 21.5. The van der Waals surface area contributed by atoms with Crippen molar-refractivity contribution in [3.63, 3.8) is 0 Å². The van der Waals surface area contributed by atoms with E-state index in [1.54, 1.807) is 11.3 Å². The summed E-state index contributed by atoms with van der Waals surface area (Å²) in [6.07, 6.45) is 3.78. The van der Waals surface area contributed by atoms with Crippen molar-refractivity contribution in [3.05, 3.63) is 76.9 Å². The molecule has 31 heavy (non-hydrogen) atoms. The minimum Gasteiger partial charge on any atom is -0.480 e. The van der Waals surface area contributed by atoms with Crippen LogP contribution in [0.1, 0.15) is 30.0 Å². The van der Waals surface area contributed by atoms with Crippen LogP contribution in [-0.4, -0.2) is 26.3 Å². The van der Waals surface area contributed by atoms with Gasteiger partial charge in [0, 0.05) is 10.9 Å². The van der Waals surface area contributed by atoms with E-state index in [1.807, 2.05) is 6.92 Å².